The van der Waals surface area contributed by atoms with Crippen LogP contribution in [0.2, 0.25) is 0 Å². The molecule has 0 amide bonds. The third-order valence-corrected chi connectivity index (χ3v) is 10.6. The summed E-state index contributed by atoms with van der Waals surface area (Å²) in [6.45, 7) is 7.26. The van der Waals surface area contributed by atoms with Gasteiger partial charge in [-0.2, -0.15) is 0 Å². The predicted octanol–water partition coefficient (Wildman–Crippen LogP) is 8.09. The summed E-state index contributed by atoms with van der Waals surface area (Å²) >= 11 is 0. The van der Waals surface area contributed by atoms with Crippen LogP contribution < -0.4 is 0 Å². The molecule has 0 saturated carbocycles. The molecule has 0 spiro atoms. The normalized spacial score (nSPS) is 12.1. The smallest absolute Gasteiger partial charge is 0.231 e. The van der Waals surface area contributed by atoms with Crippen molar-refractivity contribution in [3.8, 4) is 45.6 Å². The van der Waals surface area contributed by atoms with E-state index >= 15 is 0 Å². The summed E-state index contributed by atoms with van der Waals surface area (Å²) in [5.41, 5.74) is 6.08. The van der Waals surface area contributed by atoms with Crippen molar-refractivity contribution in [3.05, 3.63) is 166 Å². The second-order valence-electron chi connectivity index (χ2n) is 14.4. The number of carbonyl (C=O) groups excluding carboxylic acids is 4. The van der Waals surface area contributed by atoms with Crippen LogP contribution in [0.3, 0.4) is 0 Å². The van der Waals surface area contributed by atoms with Crippen molar-refractivity contribution in [2.75, 3.05) is 0 Å². The van der Waals surface area contributed by atoms with Crippen molar-refractivity contribution in [2.24, 2.45) is 0 Å². The van der Waals surface area contributed by atoms with E-state index in [0.717, 1.165) is 11.1 Å². The summed E-state index contributed by atoms with van der Waals surface area (Å²) in [6, 6.07) is 34.6. The molecule has 58 heavy (non-hydrogen) atoms. The largest absolute Gasteiger partial charge is 0.335 e. The number of H-pyrrole nitrogens is 2. The Hall–Kier alpha value is -7.60. The average molecular weight is 765 g/mol. The van der Waals surface area contributed by atoms with E-state index in [4.69, 9.17) is 9.97 Å². The number of aromatic nitrogens is 8. The van der Waals surface area contributed by atoms with Crippen molar-refractivity contribution in [1.29, 1.82) is 0 Å². The number of rotatable bonds is 6. The molecule has 1 aliphatic rings. The highest BCUT2D eigenvalue weighted by atomic mass is 16.1. The first kappa shape index (κ1) is 36.1. The molecule has 12 heteroatoms. The van der Waals surface area contributed by atoms with Gasteiger partial charge in [0.1, 0.15) is 57.5 Å². The molecular formula is C46H36N8O4. The molecule has 0 atom stereocenters. The zero-order chi connectivity index (χ0) is 40.2. The van der Waals surface area contributed by atoms with Gasteiger partial charge in [-0.05, 0) is 37.1 Å². The zero-order valence-corrected chi connectivity index (χ0v) is 32.1. The number of nitrogens with zero attached hydrogens (tertiary/aromatic N) is 6. The Morgan fingerprint density at radius 2 is 0.897 bits per heavy atom. The van der Waals surface area contributed by atoms with E-state index in [-0.39, 0.29) is 45.8 Å². The fourth-order valence-corrected chi connectivity index (χ4v) is 7.56. The Labute approximate surface area is 332 Å². The van der Waals surface area contributed by atoms with Crippen LogP contribution in [-0.2, 0) is 13.1 Å². The third kappa shape index (κ3) is 6.20. The van der Waals surface area contributed by atoms with Gasteiger partial charge in [-0.25, -0.2) is 19.9 Å². The lowest BCUT2D eigenvalue weighted by molar-refractivity contribution is 0.0983. The number of Topliss-reactive ketones (excluding diaryl/α,β-unsaturated/α-hetero) is 2. The molecule has 12 bridgehead atoms. The molecule has 8 aromatic rings. The molecule has 1 aliphatic heterocycles. The number of ketones is 4. The standard InChI is InChI=1S/C46H36N8O4/c1-25-35-41(57)39-37(27(3)55)47-43(49-39)31-17-11-18-32(21-31)44-48-38(28(4)56)40(50-44)42(58)36-26(2)54(24-30-15-9-6-10-16-30)46(52-36)34-20-12-19-33(22-34)45(51-35)53(25)23-29-13-7-5-8-14-29/h5-22H,23-24H2,1-4H3,(H,47,49)(H,48,50). The van der Waals surface area contributed by atoms with E-state index in [1.54, 1.807) is 24.3 Å². The monoisotopic (exact) mass is 764 g/mol. The molecule has 0 radical (unpaired) electrons. The number of fused-ring (bicyclic) bond motifs is 16. The van der Waals surface area contributed by atoms with Gasteiger partial charge in [0.25, 0.3) is 0 Å². The quantitative estimate of drug-likeness (QED) is 0.161. The molecule has 4 aromatic heterocycles. The van der Waals surface area contributed by atoms with Crippen molar-refractivity contribution in [2.45, 2.75) is 40.8 Å². The number of aromatic amines is 2. The minimum absolute atomic E-state index is 0.0159. The van der Waals surface area contributed by atoms with Gasteiger partial charge in [0.05, 0.1) is 0 Å². The lowest BCUT2D eigenvalue weighted by Gasteiger charge is -2.13. The van der Waals surface area contributed by atoms with Crippen LogP contribution in [-0.4, -0.2) is 62.2 Å². The highest BCUT2D eigenvalue weighted by Gasteiger charge is 2.31. The van der Waals surface area contributed by atoms with Crippen molar-refractivity contribution in [1.82, 2.24) is 39.0 Å². The molecule has 2 N–H and O–H groups in total. The summed E-state index contributed by atoms with van der Waals surface area (Å²) < 4.78 is 3.99. The number of nitrogens with one attached hydrogen (secondary N) is 2. The summed E-state index contributed by atoms with van der Waals surface area (Å²) in [5, 5.41) is 0. The summed E-state index contributed by atoms with van der Waals surface area (Å²) in [6.07, 6.45) is 0. The minimum Gasteiger partial charge on any atom is -0.335 e. The summed E-state index contributed by atoms with van der Waals surface area (Å²) in [4.78, 5) is 80.9. The number of hydrogen-bond donors (Lipinski definition) is 2. The second-order valence-corrected chi connectivity index (χ2v) is 14.4. The Bertz CT molecular complexity index is 2770. The van der Waals surface area contributed by atoms with Crippen LogP contribution in [0.5, 0.6) is 0 Å². The highest BCUT2D eigenvalue weighted by Crippen LogP contribution is 2.33. The SMILES string of the molecule is CC(=O)c1nc2[nH]c1C(=O)c1nc(n(Cc3ccccc3)c1C)-c1cccc(c1)-c1nc(c(C)n1Cc1ccccc1)C(=O)c1[nH]c(nc1C(C)=O)-c1cccc-2c1. The molecule has 0 unspecified atom stereocenters. The maximum Gasteiger partial charge on any atom is 0.231 e. The highest BCUT2D eigenvalue weighted by molar-refractivity contribution is 6.15. The van der Waals surface area contributed by atoms with Crippen LogP contribution in [0.25, 0.3) is 45.6 Å². The van der Waals surface area contributed by atoms with Gasteiger partial charge in [0.2, 0.25) is 11.6 Å². The van der Waals surface area contributed by atoms with Gasteiger partial charge in [-0.1, -0.05) is 97.1 Å². The lowest BCUT2D eigenvalue weighted by Crippen LogP contribution is -2.11. The predicted molar refractivity (Wildman–Crippen MR) is 218 cm³/mol. The van der Waals surface area contributed by atoms with Gasteiger partial charge in [-0.15, -0.1) is 0 Å². The van der Waals surface area contributed by atoms with Crippen LogP contribution in [0.15, 0.2) is 109 Å². The second kappa shape index (κ2) is 14.2. The van der Waals surface area contributed by atoms with Crippen molar-refractivity contribution in [3.63, 3.8) is 0 Å². The number of carbonyl (C=O) groups is 4. The lowest BCUT2D eigenvalue weighted by atomic mass is 10.1. The maximum atomic E-state index is 14.6. The summed E-state index contributed by atoms with van der Waals surface area (Å²) in [5.74, 6) is -0.121. The molecule has 0 aliphatic carbocycles. The van der Waals surface area contributed by atoms with Gasteiger partial charge in [0, 0.05) is 60.6 Å². The van der Waals surface area contributed by atoms with Crippen LogP contribution in [0, 0.1) is 13.8 Å². The van der Waals surface area contributed by atoms with Crippen molar-refractivity contribution >= 4 is 23.1 Å². The fourth-order valence-electron chi connectivity index (χ4n) is 7.56. The van der Waals surface area contributed by atoms with Gasteiger partial charge in [0.15, 0.2) is 11.6 Å². The van der Waals surface area contributed by atoms with E-state index < -0.39 is 23.1 Å². The average Bonchev–Trinajstić information content (AvgIpc) is 4.03. The molecule has 5 heterocycles. The molecule has 0 saturated heterocycles. The van der Waals surface area contributed by atoms with E-state index in [2.05, 4.69) is 19.9 Å². The molecule has 0 fully saturated rings. The minimum atomic E-state index is -0.477. The number of hydrogen-bond acceptors (Lipinski definition) is 8. The van der Waals surface area contributed by atoms with Crippen molar-refractivity contribution < 1.29 is 19.2 Å². The van der Waals surface area contributed by atoms with Gasteiger partial charge < -0.3 is 19.1 Å². The first-order valence-corrected chi connectivity index (χ1v) is 18.8. The zero-order valence-electron chi connectivity index (χ0n) is 32.1. The van der Waals surface area contributed by atoms with Gasteiger partial charge in [-0.3, -0.25) is 19.2 Å². The topological polar surface area (TPSA) is 161 Å². The Kier molecular flexibility index (Phi) is 8.80. The van der Waals surface area contributed by atoms with Crippen LogP contribution >= 0.6 is 0 Å². The first-order valence-electron chi connectivity index (χ1n) is 18.8. The number of imidazole rings is 4. The fraction of sp³-hybridized carbons (Fsp3) is 0.130. The van der Waals surface area contributed by atoms with Crippen LogP contribution in [0.1, 0.15) is 89.7 Å². The summed E-state index contributed by atoms with van der Waals surface area (Å²) in [7, 11) is 0. The Morgan fingerprint density at radius 3 is 1.29 bits per heavy atom. The Morgan fingerprint density at radius 1 is 0.517 bits per heavy atom. The molecular weight excluding hydrogens is 729 g/mol. The van der Waals surface area contributed by atoms with E-state index in [1.807, 2.05) is 108 Å². The molecule has 12 nitrogen and oxygen atoms in total. The molecule has 4 aromatic carbocycles. The van der Waals surface area contributed by atoms with E-state index in [1.165, 1.54) is 13.8 Å². The Balaban J connectivity index is 1.32. The molecule has 284 valence electrons. The maximum absolute atomic E-state index is 14.6. The van der Waals surface area contributed by atoms with E-state index in [9.17, 15) is 19.2 Å². The third-order valence-electron chi connectivity index (χ3n) is 10.6. The van der Waals surface area contributed by atoms with E-state index in [0.29, 0.717) is 58.4 Å². The first-order chi connectivity index (χ1) is 28.0. The van der Waals surface area contributed by atoms with Crippen LogP contribution in [0.4, 0.5) is 0 Å². The molecule has 9 rings (SSSR count). The van der Waals surface area contributed by atoms with Gasteiger partial charge >= 0.3 is 0 Å². The number of benzene rings is 4.